The van der Waals surface area contributed by atoms with Crippen LogP contribution in [-0.2, 0) is 11.3 Å². The molecule has 0 unspecified atom stereocenters. The van der Waals surface area contributed by atoms with Crippen LogP contribution < -0.4 is 10.9 Å². The van der Waals surface area contributed by atoms with Crippen molar-refractivity contribution >= 4 is 21.6 Å². The van der Waals surface area contributed by atoms with E-state index in [2.05, 4.69) is 37.2 Å². The highest BCUT2D eigenvalue weighted by molar-refractivity contribution is 9.10. The molecular weight excluding hydrogens is 324 g/mol. The third-order valence-electron chi connectivity index (χ3n) is 3.07. The standard InChI is InChI=1S/C13H17BrN4O2/c1-2-4-18-13(19)12(14)11(10-16-18)15-3-5-17-6-8-20-9-7-17/h1,10,15H,3-9H2. The minimum absolute atomic E-state index is 0.172. The molecular formula is C13H17BrN4O2. The van der Waals surface area contributed by atoms with E-state index in [0.29, 0.717) is 10.2 Å². The van der Waals surface area contributed by atoms with Gasteiger partial charge in [-0.15, -0.1) is 6.42 Å². The molecule has 0 bridgehead atoms. The average molecular weight is 341 g/mol. The van der Waals surface area contributed by atoms with Gasteiger partial charge in [-0.3, -0.25) is 9.69 Å². The van der Waals surface area contributed by atoms with Crippen molar-refractivity contribution in [2.75, 3.05) is 44.7 Å². The van der Waals surface area contributed by atoms with E-state index in [1.54, 1.807) is 6.20 Å². The van der Waals surface area contributed by atoms with Gasteiger partial charge in [-0.2, -0.15) is 5.10 Å². The van der Waals surface area contributed by atoms with Crippen LogP contribution in [0.2, 0.25) is 0 Å². The van der Waals surface area contributed by atoms with Crippen LogP contribution in [0.3, 0.4) is 0 Å². The lowest BCUT2D eigenvalue weighted by Crippen LogP contribution is -2.39. The molecule has 2 heterocycles. The normalized spacial score (nSPS) is 15.8. The summed E-state index contributed by atoms with van der Waals surface area (Å²) in [6, 6.07) is 0. The first kappa shape index (κ1) is 15.0. The van der Waals surface area contributed by atoms with Gasteiger partial charge in [-0.1, -0.05) is 5.92 Å². The van der Waals surface area contributed by atoms with Gasteiger partial charge >= 0.3 is 0 Å². The number of terminal acetylenes is 1. The van der Waals surface area contributed by atoms with Gasteiger partial charge in [0.05, 0.1) is 25.1 Å². The van der Waals surface area contributed by atoms with E-state index in [9.17, 15) is 4.79 Å². The molecule has 108 valence electrons. The van der Waals surface area contributed by atoms with Gasteiger partial charge in [0.25, 0.3) is 5.56 Å². The fraction of sp³-hybridized carbons (Fsp3) is 0.538. The first-order valence-corrected chi connectivity index (χ1v) is 7.24. The summed E-state index contributed by atoms with van der Waals surface area (Å²) < 4.78 is 7.01. The second-order valence-electron chi connectivity index (χ2n) is 4.42. The fourth-order valence-electron chi connectivity index (χ4n) is 1.96. The van der Waals surface area contributed by atoms with Crippen LogP contribution in [-0.4, -0.2) is 54.1 Å². The van der Waals surface area contributed by atoms with Crippen molar-refractivity contribution in [3.8, 4) is 12.3 Å². The molecule has 7 heteroatoms. The van der Waals surface area contributed by atoms with Gasteiger partial charge in [-0.05, 0) is 15.9 Å². The Morgan fingerprint density at radius 1 is 1.50 bits per heavy atom. The summed E-state index contributed by atoms with van der Waals surface area (Å²) in [6.45, 7) is 5.30. The van der Waals surface area contributed by atoms with E-state index >= 15 is 0 Å². The Kier molecular flexibility index (Phi) is 5.59. The van der Waals surface area contributed by atoms with E-state index in [1.807, 2.05) is 0 Å². The maximum Gasteiger partial charge on any atom is 0.284 e. The zero-order valence-corrected chi connectivity index (χ0v) is 12.7. The molecule has 0 atom stereocenters. The van der Waals surface area contributed by atoms with E-state index in [0.717, 1.165) is 39.4 Å². The van der Waals surface area contributed by atoms with Crippen molar-refractivity contribution in [3.05, 3.63) is 21.0 Å². The Hall–Kier alpha value is -1.36. The molecule has 1 aromatic heterocycles. The number of rotatable bonds is 5. The predicted molar refractivity (Wildman–Crippen MR) is 80.8 cm³/mol. The number of halogens is 1. The Morgan fingerprint density at radius 2 is 2.25 bits per heavy atom. The van der Waals surface area contributed by atoms with Crippen molar-refractivity contribution < 1.29 is 4.74 Å². The van der Waals surface area contributed by atoms with E-state index in [-0.39, 0.29) is 12.1 Å². The molecule has 1 aliphatic rings. The molecule has 20 heavy (non-hydrogen) atoms. The topological polar surface area (TPSA) is 59.4 Å². The third-order valence-corrected chi connectivity index (χ3v) is 3.84. The number of ether oxygens (including phenoxy) is 1. The van der Waals surface area contributed by atoms with Crippen molar-refractivity contribution in [1.29, 1.82) is 0 Å². The van der Waals surface area contributed by atoms with Crippen LogP contribution >= 0.6 is 15.9 Å². The fourth-order valence-corrected chi connectivity index (χ4v) is 2.41. The van der Waals surface area contributed by atoms with Gasteiger partial charge in [0, 0.05) is 26.2 Å². The highest BCUT2D eigenvalue weighted by Gasteiger charge is 2.11. The zero-order valence-electron chi connectivity index (χ0n) is 11.1. The summed E-state index contributed by atoms with van der Waals surface area (Å²) in [5.74, 6) is 2.40. The molecule has 1 aromatic rings. The third kappa shape index (κ3) is 3.82. The molecule has 1 fully saturated rings. The molecule has 1 N–H and O–H groups in total. The summed E-state index contributed by atoms with van der Waals surface area (Å²) in [6.07, 6.45) is 6.80. The van der Waals surface area contributed by atoms with Crippen molar-refractivity contribution in [2.24, 2.45) is 0 Å². The summed E-state index contributed by atoms with van der Waals surface area (Å²) in [7, 11) is 0. The Balaban J connectivity index is 1.91. The number of aromatic nitrogens is 2. The lowest BCUT2D eigenvalue weighted by Gasteiger charge is -2.26. The first-order valence-electron chi connectivity index (χ1n) is 6.45. The van der Waals surface area contributed by atoms with Crippen LogP contribution in [0.15, 0.2) is 15.5 Å². The Bertz CT molecular complexity index is 546. The van der Waals surface area contributed by atoms with Crippen molar-refractivity contribution in [1.82, 2.24) is 14.7 Å². The quantitative estimate of drug-likeness (QED) is 0.785. The lowest BCUT2D eigenvalue weighted by molar-refractivity contribution is 0.0398. The molecule has 0 aromatic carbocycles. The average Bonchev–Trinajstić information content (AvgIpc) is 2.48. The molecule has 1 aliphatic heterocycles. The molecule has 6 nitrogen and oxygen atoms in total. The second-order valence-corrected chi connectivity index (χ2v) is 5.21. The van der Waals surface area contributed by atoms with Crippen LogP contribution in [0.1, 0.15) is 0 Å². The van der Waals surface area contributed by atoms with Crippen LogP contribution in [0.25, 0.3) is 0 Å². The van der Waals surface area contributed by atoms with Gasteiger partial charge in [0.15, 0.2) is 0 Å². The minimum Gasteiger partial charge on any atom is -0.381 e. The molecule has 0 spiro atoms. The maximum absolute atomic E-state index is 11.9. The van der Waals surface area contributed by atoms with Gasteiger partial charge in [0.2, 0.25) is 0 Å². The Labute approximate surface area is 126 Å². The molecule has 0 aliphatic carbocycles. The predicted octanol–water partition coefficient (Wildman–Crippen LogP) is 0.383. The molecule has 0 amide bonds. The lowest BCUT2D eigenvalue weighted by atomic mass is 10.4. The highest BCUT2D eigenvalue weighted by Crippen LogP contribution is 2.15. The SMILES string of the molecule is C#CCn1ncc(NCCN2CCOCC2)c(Br)c1=O. The van der Waals surface area contributed by atoms with Crippen LogP contribution in [0.5, 0.6) is 0 Å². The number of hydrogen-bond donors (Lipinski definition) is 1. The molecule has 0 radical (unpaired) electrons. The number of nitrogens with one attached hydrogen (secondary N) is 1. The largest absolute Gasteiger partial charge is 0.381 e. The Morgan fingerprint density at radius 3 is 2.95 bits per heavy atom. The summed E-state index contributed by atoms with van der Waals surface area (Å²) in [5, 5.41) is 7.24. The first-order chi connectivity index (χ1) is 9.72. The zero-order chi connectivity index (χ0) is 14.4. The highest BCUT2D eigenvalue weighted by atomic mass is 79.9. The van der Waals surface area contributed by atoms with Gasteiger partial charge in [-0.25, -0.2) is 4.68 Å². The minimum atomic E-state index is -0.223. The van der Waals surface area contributed by atoms with Gasteiger partial charge in [0.1, 0.15) is 11.0 Å². The summed E-state index contributed by atoms with van der Waals surface area (Å²) in [5.41, 5.74) is 0.468. The maximum atomic E-state index is 11.9. The van der Waals surface area contributed by atoms with Crippen molar-refractivity contribution in [2.45, 2.75) is 6.54 Å². The molecule has 2 rings (SSSR count). The second kappa shape index (κ2) is 7.43. The van der Waals surface area contributed by atoms with E-state index in [4.69, 9.17) is 11.2 Å². The number of anilines is 1. The number of morpholine rings is 1. The van der Waals surface area contributed by atoms with Crippen LogP contribution in [0, 0.1) is 12.3 Å². The van der Waals surface area contributed by atoms with Crippen LogP contribution in [0.4, 0.5) is 5.69 Å². The molecule has 1 saturated heterocycles. The van der Waals surface area contributed by atoms with E-state index < -0.39 is 0 Å². The van der Waals surface area contributed by atoms with Crippen molar-refractivity contribution in [3.63, 3.8) is 0 Å². The number of hydrogen-bond acceptors (Lipinski definition) is 5. The number of nitrogens with zero attached hydrogens (tertiary/aromatic N) is 3. The summed E-state index contributed by atoms with van der Waals surface area (Å²) in [4.78, 5) is 14.3. The monoisotopic (exact) mass is 340 g/mol. The summed E-state index contributed by atoms with van der Waals surface area (Å²) >= 11 is 3.29. The van der Waals surface area contributed by atoms with Gasteiger partial charge < -0.3 is 10.1 Å². The van der Waals surface area contributed by atoms with E-state index in [1.165, 1.54) is 4.68 Å². The molecule has 0 saturated carbocycles. The smallest absolute Gasteiger partial charge is 0.284 e.